The van der Waals surface area contributed by atoms with E-state index in [1.807, 2.05) is 32.0 Å². The average molecular weight is 372 g/mol. The molecule has 2 aromatic carbocycles. The summed E-state index contributed by atoms with van der Waals surface area (Å²) in [4.78, 5) is 24.0. The number of amides is 2. The van der Waals surface area contributed by atoms with E-state index in [0.29, 0.717) is 17.2 Å². The summed E-state index contributed by atoms with van der Waals surface area (Å²) in [6.07, 6.45) is -0.777. The normalized spacial score (nSPS) is 11.3. The Balaban J connectivity index is 1.80. The molecule has 7 heteroatoms. The van der Waals surface area contributed by atoms with Gasteiger partial charge in [-0.15, -0.1) is 0 Å². The summed E-state index contributed by atoms with van der Waals surface area (Å²) in [6.45, 7) is 5.18. The highest BCUT2D eigenvalue weighted by molar-refractivity contribution is 5.85. The van der Waals surface area contributed by atoms with Gasteiger partial charge in [-0.3, -0.25) is 20.4 Å². The lowest BCUT2D eigenvalue weighted by Crippen LogP contribution is -2.48. The molecular formula is C20H24N2O5. The molecule has 1 unspecified atom stereocenters. The number of benzene rings is 2. The molecule has 1 atom stereocenters. The second-order valence-electron chi connectivity index (χ2n) is 6.01. The fraction of sp³-hybridized carbons (Fsp3) is 0.300. The van der Waals surface area contributed by atoms with Gasteiger partial charge in [0.25, 0.3) is 11.8 Å². The first kappa shape index (κ1) is 20.1. The lowest BCUT2D eigenvalue weighted by molar-refractivity contribution is -0.133. The van der Waals surface area contributed by atoms with Crippen molar-refractivity contribution in [2.75, 3.05) is 13.7 Å². The molecule has 2 amide bonds. The van der Waals surface area contributed by atoms with Crippen LogP contribution in [0, 0.1) is 13.8 Å². The maximum absolute atomic E-state index is 12.1. The van der Waals surface area contributed by atoms with E-state index in [1.54, 1.807) is 31.2 Å². The summed E-state index contributed by atoms with van der Waals surface area (Å²) in [5.74, 6) is 0.608. The summed E-state index contributed by atoms with van der Waals surface area (Å²) in [5.41, 5.74) is 6.58. The number of nitrogens with one attached hydrogen (secondary N) is 2. The number of hydrogen-bond acceptors (Lipinski definition) is 5. The van der Waals surface area contributed by atoms with Gasteiger partial charge in [0.2, 0.25) is 0 Å². The van der Waals surface area contributed by atoms with E-state index >= 15 is 0 Å². The van der Waals surface area contributed by atoms with Crippen LogP contribution in [0.5, 0.6) is 17.2 Å². The van der Waals surface area contributed by atoms with Crippen LogP contribution >= 0.6 is 0 Å². The minimum atomic E-state index is -0.777. The molecule has 0 aliphatic heterocycles. The van der Waals surface area contributed by atoms with Crippen molar-refractivity contribution in [3.8, 4) is 17.2 Å². The molecular weight excluding hydrogens is 348 g/mol. The van der Waals surface area contributed by atoms with Crippen molar-refractivity contribution in [1.82, 2.24) is 10.9 Å². The Labute approximate surface area is 158 Å². The van der Waals surface area contributed by atoms with E-state index in [1.165, 1.54) is 7.11 Å². The SMILES string of the molecule is COc1ccccc1OCC(=O)NNC(=O)C(C)Oc1cc(C)ccc1C. The largest absolute Gasteiger partial charge is 0.493 e. The fourth-order valence-corrected chi connectivity index (χ4v) is 2.23. The predicted molar refractivity (Wildman–Crippen MR) is 101 cm³/mol. The Bertz CT molecular complexity index is 807. The third-order valence-electron chi connectivity index (χ3n) is 3.77. The van der Waals surface area contributed by atoms with Gasteiger partial charge >= 0.3 is 0 Å². The molecule has 2 rings (SSSR count). The van der Waals surface area contributed by atoms with E-state index in [-0.39, 0.29) is 6.61 Å². The van der Waals surface area contributed by atoms with E-state index in [9.17, 15) is 9.59 Å². The maximum atomic E-state index is 12.1. The number of methoxy groups -OCH3 is 1. The molecule has 2 aromatic rings. The Hall–Kier alpha value is -3.22. The van der Waals surface area contributed by atoms with Crippen molar-refractivity contribution in [2.45, 2.75) is 26.9 Å². The van der Waals surface area contributed by atoms with Crippen molar-refractivity contribution in [1.29, 1.82) is 0 Å². The molecule has 0 heterocycles. The van der Waals surface area contributed by atoms with Gasteiger partial charge in [-0.2, -0.15) is 0 Å². The summed E-state index contributed by atoms with van der Waals surface area (Å²) in [6, 6.07) is 12.7. The van der Waals surface area contributed by atoms with Gasteiger partial charge in [0.15, 0.2) is 24.2 Å². The Morgan fingerprint density at radius 3 is 2.41 bits per heavy atom. The van der Waals surface area contributed by atoms with Gasteiger partial charge in [0, 0.05) is 0 Å². The molecule has 0 saturated carbocycles. The Kier molecular flexibility index (Phi) is 7.05. The molecule has 0 fully saturated rings. The summed E-state index contributed by atoms with van der Waals surface area (Å²) in [5, 5.41) is 0. The number of hydrazine groups is 1. The molecule has 0 aliphatic rings. The average Bonchev–Trinajstić information content (AvgIpc) is 2.67. The van der Waals surface area contributed by atoms with Crippen LogP contribution in [0.3, 0.4) is 0 Å². The fourth-order valence-electron chi connectivity index (χ4n) is 2.23. The van der Waals surface area contributed by atoms with E-state index in [0.717, 1.165) is 11.1 Å². The molecule has 27 heavy (non-hydrogen) atoms. The van der Waals surface area contributed by atoms with Crippen molar-refractivity contribution in [3.63, 3.8) is 0 Å². The van der Waals surface area contributed by atoms with Crippen molar-refractivity contribution >= 4 is 11.8 Å². The highest BCUT2D eigenvalue weighted by atomic mass is 16.5. The zero-order valence-electron chi connectivity index (χ0n) is 15.9. The number of aryl methyl sites for hydroxylation is 2. The van der Waals surface area contributed by atoms with Crippen molar-refractivity contribution < 1.29 is 23.8 Å². The number of para-hydroxylation sites is 2. The van der Waals surface area contributed by atoms with Crippen LogP contribution in [-0.4, -0.2) is 31.6 Å². The quantitative estimate of drug-likeness (QED) is 0.729. The van der Waals surface area contributed by atoms with Crippen LogP contribution in [0.2, 0.25) is 0 Å². The Morgan fingerprint density at radius 1 is 1.00 bits per heavy atom. The standard InChI is InChI=1S/C20H24N2O5/c1-13-9-10-14(2)18(11-13)27-15(3)20(24)22-21-19(23)12-26-17-8-6-5-7-16(17)25-4/h5-11,15H,12H2,1-4H3,(H,21,23)(H,22,24). The van der Waals surface area contributed by atoms with Crippen molar-refractivity contribution in [3.05, 3.63) is 53.6 Å². The van der Waals surface area contributed by atoms with E-state index in [2.05, 4.69) is 10.9 Å². The molecule has 0 aromatic heterocycles. The highest BCUT2D eigenvalue weighted by Crippen LogP contribution is 2.25. The van der Waals surface area contributed by atoms with Crippen molar-refractivity contribution in [2.24, 2.45) is 0 Å². The van der Waals surface area contributed by atoms with Gasteiger partial charge in [-0.1, -0.05) is 24.3 Å². The number of carbonyl (C=O) groups is 2. The van der Waals surface area contributed by atoms with Gasteiger partial charge in [-0.05, 0) is 50.1 Å². The van der Waals surface area contributed by atoms with Gasteiger partial charge < -0.3 is 14.2 Å². The summed E-state index contributed by atoms with van der Waals surface area (Å²) in [7, 11) is 1.51. The van der Waals surface area contributed by atoms with Crippen LogP contribution in [0.1, 0.15) is 18.1 Å². The highest BCUT2D eigenvalue weighted by Gasteiger charge is 2.17. The molecule has 0 bridgehead atoms. The first-order valence-electron chi connectivity index (χ1n) is 8.49. The second-order valence-corrected chi connectivity index (χ2v) is 6.01. The third kappa shape index (κ3) is 5.91. The molecule has 7 nitrogen and oxygen atoms in total. The van der Waals surface area contributed by atoms with Crippen LogP contribution in [0.4, 0.5) is 0 Å². The smallest absolute Gasteiger partial charge is 0.279 e. The lowest BCUT2D eigenvalue weighted by atomic mass is 10.1. The number of carbonyl (C=O) groups excluding carboxylic acids is 2. The Morgan fingerprint density at radius 2 is 1.70 bits per heavy atom. The topological polar surface area (TPSA) is 85.9 Å². The van der Waals surface area contributed by atoms with Gasteiger partial charge in [0.1, 0.15) is 5.75 Å². The monoisotopic (exact) mass is 372 g/mol. The minimum absolute atomic E-state index is 0.271. The zero-order chi connectivity index (χ0) is 19.8. The molecule has 0 radical (unpaired) electrons. The van der Waals surface area contributed by atoms with Crippen LogP contribution in [0.25, 0.3) is 0 Å². The number of rotatable bonds is 7. The first-order chi connectivity index (χ1) is 12.9. The van der Waals surface area contributed by atoms with E-state index < -0.39 is 17.9 Å². The van der Waals surface area contributed by atoms with Gasteiger partial charge in [-0.25, -0.2) is 0 Å². The lowest BCUT2D eigenvalue weighted by Gasteiger charge is -2.17. The van der Waals surface area contributed by atoms with Crippen LogP contribution < -0.4 is 25.1 Å². The molecule has 144 valence electrons. The third-order valence-corrected chi connectivity index (χ3v) is 3.77. The molecule has 0 aliphatic carbocycles. The number of ether oxygens (including phenoxy) is 3. The van der Waals surface area contributed by atoms with E-state index in [4.69, 9.17) is 14.2 Å². The second kappa shape index (κ2) is 9.47. The summed E-state index contributed by atoms with van der Waals surface area (Å²) >= 11 is 0. The maximum Gasteiger partial charge on any atom is 0.279 e. The van der Waals surface area contributed by atoms with Crippen LogP contribution in [0.15, 0.2) is 42.5 Å². The molecule has 0 spiro atoms. The molecule has 2 N–H and O–H groups in total. The van der Waals surface area contributed by atoms with Crippen LogP contribution in [-0.2, 0) is 9.59 Å². The predicted octanol–water partition coefficient (Wildman–Crippen LogP) is 2.31. The minimum Gasteiger partial charge on any atom is -0.493 e. The summed E-state index contributed by atoms with van der Waals surface area (Å²) < 4.78 is 16.2. The van der Waals surface area contributed by atoms with Gasteiger partial charge in [0.05, 0.1) is 7.11 Å². The number of hydrogen-bond donors (Lipinski definition) is 2. The molecule has 0 saturated heterocycles. The zero-order valence-corrected chi connectivity index (χ0v) is 15.9. The first-order valence-corrected chi connectivity index (χ1v) is 8.49.